The summed E-state index contributed by atoms with van der Waals surface area (Å²) in [6.45, 7) is 5.70. The van der Waals surface area contributed by atoms with Crippen molar-refractivity contribution in [1.82, 2.24) is 19.6 Å². The van der Waals surface area contributed by atoms with Gasteiger partial charge in [-0.15, -0.1) is 0 Å². The maximum atomic E-state index is 12.7. The van der Waals surface area contributed by atoms with Gasteiger partial charge in [-0.3, -0.25) is 9.48 Å². The highest BCUT2D eigenvalue weighted by Crippen LogP contribution is 2.21. The molecule has 1 amide bonds. The monoisotopic (exact) mass is 280 g/mol. The molecular formula is C14H24N4O2. The van der Waals surface area contributed by atoms with Crippen LogP contribution in [0, 0.1) is 6.92 Å². The summed E-state index contributed by atoms with van der Waals surface area (Å²) in [6, 6.07) is 1.89. The Morgan fingerprint density at radius 3 is 2.85 bits per heavy atom. The van der Waals surface area contributed by atoms with Crippen LogP contribution in [-0.2, 0) is 6.54 Å². The second kappa shape index (κ2) is 5.93. The van der Waals surface area contributed by atoms with Crippen molar-refractivity contribution in [3.63, 3.8) is 0 Å². The van der Waals surface area contributed by atoms with Gasteiger partial charge in [-0.25, -0.2) is 0 Å². The van der Waals surface area contributed by atoms with Gasteiger partial charge in [0.25, 0.3) is 5.91 Å². The summed E-state index contributed by atoms with van der Waals surface area (Å²) in [5.41, 5.74) is 1.46. The van der Waals surface area contributed by atoms with E-state index < -0.39 is 6.10 Å². The molecule has 20 heavy (non-hydrogen) atoms. The minimum absolute atomic E-state index is 0.0316. The lowest BCUT2D eigenvalue weighted by Crippen LogP contribution is -2.42. The number of likely N-dealkylation sites (N-methyl/N-ethyl adjacent to an activating group) is 1. The van der Waals surface area contributed by atoms with E-state index in [2.05, 4.69) is 5.10 Å². The molecule has 1 aliphatic heterocycles. The summed E-state index contributed by atoms with van der Waals surface area (Å²) in [5.74, 6) is -0.0316. The molecule has 0 radical (unpaired) electrons. The summed E-state index contributed by atoms with van der Waals surface area (Å²) in [5, 5.41) is 14.2. The Bertz CT molecular complexity index is 484. The lowest BCUT2D eigenvalue weighted by Gasteiger charge is -2.26. The van der Waals surface area contributed by atoms with Crippen molar-refractivity contribution < 1.29 is 9.90 Å². The van der Waals surface area contributed by atoms with Gasteiger partial charge in [0.1, 0.15) is 5.69 Å². The van der Waals surface area contributed by atoms with Gasteiger partial charge in [-0.05, 0) is 40.4 Å². The van der Waals surface area contributed by atoms with Crippen molar-refractivity contribution in [1.29, 1.82) is 0 Å². The molecule has 1 aromatic heterocycles. The number of hydrogen-bond acceptors (Lipinski definition) is 4. The van der Waals surface area contributed by atoms with Crippen LogP contribution in [0.3, 0.4) is 0 Å². The first kappa shape index (κ1) is 15.0. The fourth-order valence-corrected chi connectivity index (χ4v) is 2.84. The van der Waals surface area contributed by atoms with E-state index in [1.807, 2.05) is 38.9 Å². The topological polar surface area (TPSA) is 61.6 Å². The zero-order valence-electron chi connectivity index (χ0n) is 12.7. The van der Waals surface area contributed by atoms with E-state index >= 15 is 0 Å². The quantitative estimate of drug-likeness (QED) is 0.864. The van der Waals surface area contributed by atoms with Gasteiger partial charge in [0, 0.05) is 25.7 Å². The zero-order valence-corrected chi connectivity index (χ0v) is 12.7. The largest absolute Gasteiger partial charge is 0.391 e. The van der Waals surface area contributed by atoms with Gasteiger partial charge in [-0.1, -0.05) is 0 Å². The fourth-order valence-electron chi connectivity index (χ4n) is 2.84. The molecule has 0 spiro atoms. The minimum Gasteiger partial charge on any atom is -0.391 e. The van der Waals surface area contributed by atoms with Crippen molar-refractivity contribution in [3.05, 3.63) is 17.5 Å². The van der Waals surface area contributed by atoms with Crippen molar-refractivity contribution in [2.45, 2.75) is 39.0 Å². The first-order valence-electron chi connectivity index (χ1n) is 7.10. The number of β-amino-alcohol motifs (C(OH)–C–C–N with tert-alkyl or cyclic N) is 1. The Morgan fingerprint density at radius 1 is 1.55 bits per heavy atom. The van der Waals surface area contributed by atoms with E-state index in [-0.39, 0.29) is 11.9 Å². The van der Waals surface area contributed by atoms with Gasteiger partial charge in [-0.2, -0.15) is 5.10 Å². The second-order valence-electron chi connectivity index (χ2n) is 5.75. The average molecular weight is 280 g/mol. The molecule has 112 valence electrons. The molecule has 1 aromatic rings. The normalized spacial score (nSPS) is 22.8. The van der Waals surface area contributed by atoms with Crippen LogP contribution in [0.1, 0.15) is 29.5 Å². The molecule has 0 saturated carbocycles. The molecule has 2 unspecified atom stereocenters. The number of hydrogen-bond donors (Lipinski definition) is 1. The van der Waals surface area contributed by atoms with Gasteiger partial charge < -0.3 is 14.9 Å². The molecule has 1 N–H and O–H groups in total. The van der Waals surface area contributed by atoms with Gasteiger partial charge in [0.15, 0.2) is 0 Å². The SMILES string of the molecule is CCn1nc(C)cc1C(=O)N1CC(O)CC1CN(C)C. The first-order valence-corrected chi connectivity index (χ1v) is 7.10. The molecule has 2 rings (SSSR count). The lowest BCUT2D eigenvalue weighted by molar-refractivity contribution is 0.0686. The predicted octanol–water partition coefficient (Wildman–Crippen LogP) is 0.348. The third-order valence-corrected chi connectivity index (χ3v) is 3.65. The first-order chi connectivity index (χ1) is 9.42. The number of nitrogens with zero attached hydrogens (tertiary/aromatic N) is 4. The van der Waals surface area contributed by atoms with Crippen molar-refractivity contribution >= 4 is 5.91 Å². The van der Waals surface area contributed by atoms with Crippen LogP contribution < -0.4 is 0 Å². The summed E-state index contributed by atoms with van der Waals surface area (Å²) in [4.78, 5) is 16.5. The lowest BCUT2D eigenvalue weighted by atomic mass is 10.2. The third kappa shape index (κ3) is 3.02. The van der Waals surface area contributed by atoms with Crippen LogP contribution in [0.5, 0.6) is 0 Å². The zero-order chi connectivity index (χ0) is 14.9. The molecule has 6 nitrogen and oxygen atoms in total. The second-order valence-corrected chi connectivity index (χ2v) is 5.75. The number of aliphatic hydroxyl groups is 1. The van der Waals surface area contributed by atoms with E-state index in [1.165, 1.54) is 0 Å². The number of rotatable bonds is 4. The summed E-state index contributed by atoms with van der Waals surface area (Å²) in [6.07, 6.45) is 0.214. The fraction of sp³-hybridized carbons (Fsp3) is 0.714. The highest BCUT2D eigenvalue weighted by atomic mass is 16.3. The number of carbonyl (C=O) groups excluding carboxylic acids is 1. The summed E-state index contributed by atoms with van der Waals surface area (Å²) < 4.78 is 1.73. The van der Waals surface area contributed by atoms with Crippen LogP contribution in [0.2, 0.25) is 0 Å². The summed E-state index contributed by atoms with van der Waals surface area (Å²) >= 11 is 0. The molecular weight excluding hydrogens is 256 g/mol. The Kier molecular flexibility index (Phi) is 4.45. The molecule has 0 bridgehead atoms. The maximum absolute atomic E-state index is 12.7. The minimum atomic E-state index is -0.428. The van der Waals surface area contributed by atoms with Crippen LogP contribution in [0.15, 0.2) is 6.07 Å². The van der Waals surface area contributed by atoms with E-state index in [4.69, 9.17) is 0 Å². The number of aromatic nitrogens is 2. The Hall–Kier alpha value is -1.40. The standard InChI is InChI=1S/C14H24N4O2/c1-5-18-13(6-10(2)15-18)14(20)17-9-12(19)7-11(17)8-16(3)4/h6,11-12,19H,5,7-9H2,1-4H3. The molecule has 1 saturated heterocycles. The van der Waals surface area contributed by atoms with Crippen LogP contribution in [-0.4, -0.2) is 69.9 Å². The Morgan fingerprint density at radius 2 is 2.25 bits per heavy atom. The number of amides is 1. The molecule has 0 aromatic carbocycles. The number of likely N-dealkylation sites (tertiary alicyclic amines) is 1. The number of aliphatic hydroxyl groups excluding tert-OH is 1. The molecule has 2 atom stereocenters. The van der Waals surface area contributed by atoms with E-state index in [0.717, 1.165) is 12.2 Å². The van der Waals surface area contributed by atoms with Crippen molar-refractivity contribution in [3.8, 4) is 0 Å². The highest BCUT2D eigenvalue weighted by molar-refractivity contribution is 5.93. The molecule has 2 heterocycles. The smallest absolute Gasteiger partial charge is 0.272 e. The Balaban J connectivity index is 2.21. The molecule has 6 heteroatoms. The molecule has 0 aliphatic carbocycles. The van der Waals surface area contributed by atoms with Crippen LogP contribution in [0.4, 0.5) is 0 Å². The summed E-state index contributed by atoms with van der Waals surface area (Å²) in [7, 11) is 3.96. The average Bonchev–Trinajstić information content (AvgIpc) is 2.91. The van der Waals surface area contributed by atoms with E-state index in [9.17, 15) is 9.90 Å². The molecule has 1 aliphatic rings. The van der Waals surface area contributed by atoms with Gasteiger partial charge in [0.05, 0.1) is 11.8 Å². The van der Waals surface area contributed by atoms with E-state index in [0.29, 0.717) is 25.2 Å². The number of carbonyl (C=O) groups is 1. The highest BCUT2D eigenvalue weighted by Gasteiger charge is 2.36. The van der Waals surface area contributed by atoms with Crippen molar-refractivity contribution in [2.24, 2.45) is 0 Å². The van der Waals surface area contributed by atoms with Crippen LogP contribution in [0.25, 0.3) is 0 Å². The molecule has 1 fully saturated rings. The van der Waals surface area contributed by atoms with E-state index in [1.54, 1.807) is 9.58 Å². The number of aryl methyl sites for hydroxylation is 2. The van der Waals surface area contributed by atoms with Gasteiger partial charge in [0.2, 0.25) is 0 Å². The van der Waals surface area contributed by atoms with Crippen LogP contribution >= 0.6 is 0 Å². The Labute approximate surface area is 120 Å². The van der Waals surface area contributed by atoms with Gasteiger partial charge >= 0.3 is 0 Å². The maximum Gasteiger partial charge on any atom is 0.272 e. The predicted molar refractivity (Wildman–Crippen MR) is 76.6 cm³/mol. The third-order valence-electron chi connectivity index (χ3n) is 3.65. The van der Waals surface area contributed by atoms with Crippen molar-refractivity contribution in [2.75, 3.05) is 27.2 Å².